The first-order valence-corrected chi connectivity index (χ1v) is 11.4. The highest BCUT2D eigenvalue weighted by Crippen LogP contribution is 2.34. The molecule has 0 atom stereocenters. The number of carbonyl (C=O) groups is 3. The van der Waals surface area contributed by atoms with E-state index in [-0.39, 0.29) is 16.3 Å². The maximum absolute atomic E-state index is 13.1. The van der Waals surface area contributed by atoms with E-state index in [0.29, 0.717) is 37.7 Å². The monoisotopic (exact) mass is 533 g/mol. The molecule has 3 aromatic carbocycles. The van der Waals surface area contributed by atoms with E-state index in [1.54, 1.807) is 55.5 Å². The van der Waals surface area contributed by atoms with Crippen molar-refractivity contribution in [3.8, 4) is 0 Å². The van der Waals surface area contributed by atoms with Crippen LogP contribution in [0.25, 0.3) is 0 Å². The number of amides is 3. The number of nitrogens with one attached hydrogen (secondary N) is 2. The van der Waals surface area contributed by atoms with E-state index in [1.165, 1.54) is 12.1 Å². The molecule has 34 heavy (non-hydrogen) atoms. The molecule has 0 radical (unpaired) electrons. The summed E-state index contributed by atoms with van der Waals surface area (Å²) < 4.78 is 0. The highest BCUT2D eigenvalue weighted by Gasteiger charge is 2.39. The van der Waals surface area contributed by atoms with Gasteiger partial charge >= 0.3 is 0 Å². The van der Waals surface area contributed by atoms with Crippen molar-refractivity contribution in [1.82, 2.24) is 0 Å². The third-order valence-electron chi connectivity index (χ3n) is 5.08. The van der Waals surface area contributed by atoms with Gasteiger partial charge in [0.15, 0.2) is 0 Å². The van der Waals surface area contributed by atoms with E-state index in [2.05, 4.69) is 10.6 Å². The molecule has 0 spiro atoms. The first kappa shape index (κ1) is 24.1. The lowest BCUT2D eigenvalue weighted by Crippen LogP contribution is -2.32. The molecule has 4 rings (SSSR count). The fourth-order valence-electron chi connectivity index (χ4n) is 3.34. The van der Waals surface area contributed by atoms with Gasteiger partial charge < -0.3 is 10.6 Å². The molecule has 0 saturated heterocycles. The summed E-state index contributed by atoms with van der Waals surface area (Å²) in [5, 5.41) is 6.44. The van der Waals surface area contributed by atoms with Gasteiger partial charge in [0, 0.05) is 21.3 Å². The first-order chi connectivity index (χ1) is 16.2. The number of imide groups is 1. The minimum Gasteiger partial charge on any atom is -0.350 e. The van der Waals surface area contributed by atoms with Crippen LogP contribution in [0.3, 0.4) is 0 Å². The summed E-state index contributed by atoms with van der Waals surface area (Å²) in [6.45, 7) is 1.70. The first-order valence-electron chi connectivity index (χ1n) is 9.84. The highest BCUT2D eigenvalue weighted by molar-refractivity contribution is 6.53. The molecule has 0 aromatic heterocycles. The van der Waals surface area contributed by atoms with Gasteiger partial charge in [-0.25, -0.2) is 4.90 Å². The average molecular weight is 535 g/mol. The molecular weight excluding hydrogens is 520 g/mol. The lowest BCUT2D eigenvalue weighted by Gasteiger charge is -2.18. The second-order valence-corrected chi connectivity index (χ2v) is 8.93. The number of anilines is 3. The van der Waals surface area contributed by atoms with Crippen LogP contribution in [-0.4, -0.2) is 17.7 Å². The van der Waals surface area contributed by atoms with Gasteiger partial charge in [0.2, 0.25) is 0 Å². The molecule has 3 aromatic rings. The maximum atomic E-state index is 13.1. The van der Waals surface area contributed by atoms with Crippen molar-refractivity contribution >= 4 is 81.2 Å². The Morgan fingerprint density at radius 2 is 1.59 bits per heavy atom. The van der Waals surface area contributed by atoms with Gasteiger partial charge in [-0.3, -0.25) is 14.4 Å². The zero-order chi connectivity index (χ0) is 24.6. The Morgan fingerprint density at radius 1 is 0.853 bits per heavy atom. The Labute approximate surface area is 215 Å². The molecule has 0 saturated carbocycles. The van der Waals surface area contributed by atoms with Crippen LogP contribution >= 0.6 is 46.4 Å². The topological polar surface area (TPSA) is 78.5 Å². The Balaban J connectivity index is 1.56. The Kier molecular flexibility index (Phi) is 6.86. The van der Waals surface area contributed by atoms with Crippen molar-refractivity contribution in [2.24, 2.45) is 0 Å². The molecule has 10 heteroatoms. The van der Waals surface area contributed by atoms with E-state index in [1.807, 2.05) is 0 Å². The number of carbonyl (C=O) groups excluding carboxylic acids is 3. The SMILES string of the molecule is Cc1c(Cl)cccc1N1C(=O)C(Cl)=C(Nc2cccc(C(=O)Nc3ccc(Cl)cc3Cl)c2)C1=O. The normalized spacial score (nSPS) is 13.5. The molecule has 3 amide bonds. The van der Waals surface area contributed by atoms with Gasteiger partial charge in [0.25, 0.3) is 17.7 Å². The molecule has 0 bridgehead atoms. The van der Waals surface area contributed by atoms with E-state index in [4.69, 9.17) is 46.4 Å². The summed E-state index contributed by atoms with van der Waals surface area (Å²) in [6, 6.07) is 16.0. The zero-order valence-corrected chi connectivity index (χ0v) is 20.5. The number of hydrogen-bond acceptors (Lipinski definition) is 4. The third-order valence-corrected chi connectivity index (χ3v) is 6.39. The van der Waals surface area contributed by atoms with E-state index >= 15 is 0 Å². The number of nitrogens with zero attached hydrogens (tertiary/aromatic N) is 1. The number of hydrogen-bond donors (Lipinski definition) is 2. The van der Waals surface area contributed by atoms with Crippen LogP contribution < -0.4 is 15.5 Å². The van der Waals surface area contributed by atoms with Crippen molar-refractivity contribution in [1.29, 1.82) is 0 Å². The van der Waals surface area contributed by atoms with Crippen molar-refractivity contribution in [2.75, 3.05) is 15.5 Å². The molecule has 0 fully saturated rings. The van der Waals surface area contributed by atoms with E-state index in [9.17, 15) is 14.4 Å². The third kappa shape index (κ3) is 4.63. The lowest BCUT2D eigenvalue weighted by atomic mass is 10.1. The molecule has 1 aliphatic heterocycles. The molecule has 2 N–H and O–H groups in total. The van der Waals surface area contributed by atoms with Crippen LogP contribution in [0.5, 0.6) is 0 Å². The molecule has 0 unspecified atom stereocenters. The predicted octanol–water partition coefficient (Wildman–Crippen LogP) is 6.64. The van der Waals surface area contributed by atoms with Crippen molar-refractivity contribution in [3.63, 3.8) is 0 Å². The van der Waals surface area contributed by atoms with Gasteiger partial charge in [0.1, 0.15) is 10.7 Å². The lowest BCUT2D eigenvalue weighted by molar-refractivity contribution is -0.120. The van der Waals surface area contributed by atoms with Gasteiger partial charge in [-0.15, -0.1) is 0 Å². The minimum absolute atomic E-state index is 0.107. The van der Waals surface area contributed by atoms with Gasteiger partial charge in [-0.1, -0.05) is 58.5 Å². The standard InChI is InChI=1S/C24H15Cl4N3O3/c1-12-16(26)6-3-7-19(12)31-23(33)20(28)21(24(31)34)29-15-5-2-4-13(10-15)22(32)30-18-9-8-14(25)11-17(18)27/h2-11,29H,1H3,(H,30,32). The summed E-state index contributed by atoms with van der Waals surface area (Å²) in [6.07, 6.45) is 0. The molecular formula is C24H15Cl4N3O3. The predicted molar refractivity (Wildman–Crippen MR) is 136 cm³/mol. The van der Waals surface area contributed by atoms with Crippen LogP contribution in [0, 0.1) is 6.92 Å². The van der Waals surface area contributed by atoms with Crippen molar-refractivity contribution in [3.05, 3.63) is 97.6 Å². The molecule has 1 aliphatic rings. The summed E-state index contributed by atoms with van der Waals surface area (Å²) >= 11 is 24.4. The average Bonchev–Trinajstić information content (AvgIpc) is 3.01. The van der Waals surface area contributed by atoms with Crippen molar-refractivity contribution < 1.29 is 14.4 Å². The smallest absolute Gasteiger partial charge is 0.283 e. The summed E-state index contributed by atoms with van der Waals surface area (Å²) in [5.74, 6) is -1.74. The highest BCUT2D eigenvalue weighted by atomic mass is 35.5. The van der Waals surface area contributed by atoms with Crippen LogP contribution in [0.1, 0.15) is 15.9 Å². The second-order valence-electron chi connectivity index (χ2n) is 7.30. The van der Waals surface area contributed by atoms with E-state index in [0.717, 1.165) is 4.90 Å². The molecule has 0 aliphatic carbocycles. The zero-order valence-electron chi connectivity index (χ0n) is 17.5. The van der Waals surface area contributed by atoms with Crippen LogP contribution in [0.4, 0.5) is 17.1 Å². The minimum atomic E-state index is -0.675. The fraction of sp³-hybridized carbons (Fsp3) is 0.0417. The fourth-order valence-corrected chi connectivity index (χ4v) is 4.17. The number of rotatable bonds is 5. The Morgan fingerprint density at radius 3 is 2.32 bits per heavy atom. The summed E-state index contributed by atoms with van der Waals surface area (Å²) in [5.41, 5.74) is 1.86. The Hall–Kier alpha value is -3.03. The maximum Gasteiger partial charge on any atom is 0.283 e. The van der Waals surface area contributed by atoms with Crippen LogP contribution in [0.15, 0.2) is 71.4 Å². The van der Waals surface area contributed by atoms with Crippen molar-refractivity contribution in [2.45, 2.75) is 6.92 Å². The number of halogens is 4. The Bertz CT molecular complexity index is 1390. The molecule has 1 heterocycles. The largest absolute Gasteiger partial charge is 0.350 e. The summed E-state index contributed by atoms with van der Waals surface area (Å²) in [4.78, 5) is 39.5. The van der Waals surface area contributed by atoms with Gasteiger partial charge in [-0.05, 0) is 61.0 Å². The van der Waals surface area contributed by atoms with Crippen LogP contribution in [-0.2, 0) is 9.59 Å². The van der Waals surface area contributed by atoms with Crippen LogP contribution in [0.2, 0.25) is 15.1 Å². The molecule has 172 valence electrons. The van der Waals surface area contributed by atoms with Gasteiger partial charge in [-0.2, -0.15) is 0 Å². The molecule has 6 nitrogen and oxygen atoms in total. The second kappa shape index (κ2) is 9.68. The quantitative estimate of drug-likeness (QED) is 0.359. The van der Waals surface area contributed by atoms with E-state index < -0.39 is 17.7 Å². The van der Waals surface area contributed by atoms with Gasteiger partial charge in [0.05, 0.1) is 16.4 Å². The summed E-state index contributed by atoms with van der Waals surface area (Å²) in [7, 11) is 0. The number of benzene rings is 3.